The number of aliphatic imine (C=N–C) groups is 1. The molecule has 5 heteroatoms. The summed E-state index contributed by atoms with van der Waals surface area (Å²) >= 11 is 1.93. The van der Waals surface area contributed by atoms with Crippen LogP contribution in [0.5, 0.6) is 0 Å². The van der Waals surface area contributed by atoms with Gasteiger partial charge in [0.25, 0.3) is 0 Å². The molecule has 2 N–H and O–H groups in total. The lowest BCUT2D eigenvalue weighted by atomic mass is 10.1. The number of hydrogen-bond donors (Lipinski definition) is 1. The van der Waals surface area contributed by atoms with Crippen molar-refractivity contribution in [2.75, 3.05) is 5.75 Å². The molecule has 16 heavy (non-hydrogen) atoms. The third-order valence-electron chi connectivity index (χ3n) is 2.95. The first-order valence-electron chi connectivity index (χ1n) is 5.42. The lowest BCUT2D eigenvalue weighted by Crippen LogP contribution is -2.34. The molecule has 0 aromatic heterocycles. The first-order chi connectivity index (χ1) is 7.61. The summed E-state index contributed by atoms with van der Waals surface area (Å²) in [7, 11) is 0. The van der Waals surface area contributed by atoms with Crippen LogP contribution in [0.4, 0.5) is 4.39 Å². The van der Waals surface area contributed by atoms with Crippen molar-refractivity contribution in [3.8, 4) is 0 Å². The molecule has 88 valence electrons. The minimum Gasteiger partial charge on any atom is -0.381 e. The minimum atomic E-state index is -0.461. The summed E-state index contributed by atoms with van der Waals surface area (Å²) in [5.41, 5.74) is 5.40. The van der Waals surface area contributed by atoms with E-state index in [0.717, 1.165) is 18.6 Å². The van der Waals surface area contributed by atoms with E-state index in [2.05, 4.69) is 18.5 Å². The van der Waals surface area contributed by atoms with Gasteiger partial charge >= 0.3 is 0 Å². The predicted octanol–water partition coefficient (Wildman–Crippen LogP) is 2.23. The van der Waals surface area contributed by atoms with Gasteiger partial charge in [-0.2, -0.15) is 11.8 Å². The Hall–Kier alpha value is -0.970. The highest BCUT2D eigenvalue weighted by molar-refractivity contribution is 8.00. The number of rotatable bonds is 2. The third kappa shape index (κ3) is 2.09. The second kappa shape index (κ2) is 4.49. The van der Waals surface area contributed by atoms with Crippen molar-refractivity contribution in [3.05, 3.63) is 24.4 Å². The fraction of sp³-hybridized carbons (Fsp3) is 0.545. The van der Waals surface area contributed by atoms with E-state index in [1.165, 1.54) is 6.20 Å². The van der Waals surface area contributed by atoms with E-state index in [9.17, 15) is 4.39 Å². The maximum Gasteiger partial charge on any atom is 0.181 e. The Morgan fingerprint density at radius 2 is 2.50 bits per heavy atom. The van der Waals surface area contributed by atoms with Crippen molar-refractivity contribution in [1.29, 1.82) is 0 Å². The Labute approximate surface area is 99.3 Å². The van der Waals surface area contributed by atoms with Gasteiger partial charge in [-0.25, -0.2) is 9.38 Å². The second-order valence-electron chi connectivity index (χ2n) is 4.05. The standard InChI is InChI=1S/C11H16FN3S/c1-3-9-4-8(6-16-9)15-5-10(12)11(13)14-7(15)2/h5,8-9H,2-4,6H2,1H3,(H2,13,14). The topological polar surface area (TPSA) is 41.6 Å². The molecule has 0 radical (unpaired) electrons. The van der Waals surface area contributed by atoms with Crippen LogP contribution in [-0.2, 0) is 0 Å². The Morgan fingerprint density at radius 3 is 3.12 bits per heavy atom. The van der Waals surface area contributed by atoms with Crippen molar-refractivity contribution >= 4 is 17.6 Å². The van der Waals surface area contributed by atoms with Crippen LogP contribution in [0, 0.1) is 0 Å². The highest BCUT2D eigenvalue weighted by Crippen LogP contribution is 2.34. The molecule has 2 rings (SSSR count). The SMILES string of the molecule is C=C1N=C(N)C(F)=CN1C1CSC(CC)C1. The van der Waals surface area contributed by atoms with Crippen LogP contribution in [0.3, 0.4) is 0 Å². The highest BCUT2D eigenvalue weighted by atomic mass is 32.2. The maximum absolute atomic E-state index is 13.3. The van der Waals surface area contributed by atoms with Crippen LogP contribution in [0.15, 0.2) is 29.4 Å². The summed E-state index contributed by atoms with van der Waals surface area (Å²) < 4.78 is 13.3. The van der Waals surface area contributed by atoms with Crippen molar-refractivity contribution in [3.63, 3.8) is 0 Å². The predicted molar refractivity (Wildman–Crippen MR) is 66.7 cm³/mol. The Morgan fingerprint density at radius 1 is 1.75 bits per heavy atom. The quantitative estimate of drug-likeness (QED) is 0.806. The van der Waals surface area contributed by atoms with Crippen molar-refractivity contribution in [2.24, 2.45) is 10.7 Å². The van der Waals surface area contributed by atoms with Gasteiger partial charge in [0.1, 0.15) is 5.82 Å². The van der Waals surface area contributed by atoms with Gasteiger partial charge in [-0.1, -0.05) is 13.5 Å². The molecule has 3 nitrogen and oxygen atoms in total. The second-order valence-corrected chi connectivity index (χ2v) is 5.38. The molecule has 0 bridgehead atoms. The molecule has 2 atom stereocenters. The monoisotopic (exact) mass is 241 g/mol. The van der Waals surface area contributed by atoms with Gasteiger partial charge in [-0.3, -0.25) is 0 Å². The van der Waals surface area contributed by atoms with Gasteiger partial charge in [0.15, 0.2) is 11.7 Å². The fourth-order valence-electron chi connectivity index (χ4n) is 1.99. The molecular weight excluding hydrogens is 225 g/mol. The molecule has 1 fully saturated rings. The summed E-state index contributed by atoms with van der Waals surface area (Å²) in [5.74, 6) is 1.01. The van der Waals surface area contributed by atoms with E-state index in [1.807, 2.05) is 16.7 Å². The number of thioether (sulfide) groups is 1. The molecule has 0 aliphatic carbocycles. The van der Waals surface area contributed by atoms with E-state index >= 15 is 0 Å². The molecule has 0 aromatic carbocycles. The maximum atomic E-state index is 13.3. The van der Waals surface area contributed by atoms with E-state index in [4.69, 9.17) is 5.73 Å². The van der Waals surface area contributed by atoms with Gasteiger partial charge in [-0.05, 0) is 12.8 Å². The Bertz CT molecular complexity index is 364. The number of hydrogen-bond acceptors (Lipinski definition) is 4. The van der Waals surface area contributed by atoms with E-state index in [-0.39, 0.29) is 5.84 Å². The van der Waals surface area contributed by atoms with E-state index in [1.54, 1.807) is 0 Å². The molecule has 0 aromatic rings. The van der Waals surface area contributed by atoms with Gasteiger partial charge in [0.05, 0.1) is 0 Å². The molecule has 2 unspecified atom stereocenters. The number of amidine groups is 1. The summed E-state index contributed by atoms with van der Waals surface area (Å²) in [6, 6.07) is 0.296. The normalized spacial score (nSPS) is 30.4. The zero-order chi connectivity index (χ0) is 11.7. The van der Waals surface area contributed by atoms with Crippen LogP contribution in [0.25, 0.3) is 0 Å². The van der Waals surface area contributed by atoms with Crippen molar-refractivity contribution in [2.45, 2.75) is 31.1 Å². The smallest absolute Gasteiger partial charge is 0.181 e. The summed E-state index contributed by atoms with van der Waals surface area (Å²) in [5, 5.41) is 0.664. The molecular formula is C11H16FN3S. The molecule has 0 spiro atoms. The van der Waals surface area contributed by atoms with E-state index in [0.29, 0.717) is 17.1 Å². The lowest BCUT2D eigenvalue weighted by Gasteiger charge is -2.29. The molecule has 0 saturated carbocycles. The first kappa shape index (κ1) is 11.5. The average molecular weight is 241 g/mol. The van der Waals surface area contributed by atoms with Gasteiger partial charge < -0.3 is 10.6 Å². The molecule has 2 heterocycles. The number of nitrogens with two attached hydrogens (primary N) is 1. The van der Waals surface area contributed by atoms with Crippen LogP contribution >= 0.6 is 11.8 Å². The van der Waals surface area contributed by atoms with Crippen LogP contribution in [0.2, 0.25) is 0 Å². The number of halogens is 1. The van der Waals surface area contributed by atoms with E-state index < -0.39 is 5.83 Å². The lowest BCUT2D eigenvalue weighted by molar-refractivity contribution is 0.342. The average Bonchev–Trinajstić information content (AvgIpc) is 2.71. The summed E-state index contributed by atoms with van der Waals surface area (Å²) in [6.45, 7) is 5.99. The van der Waals surface area contributed by atoms with Gasteiger partial charge in [0.2, 0.25) is 0 Å². The highest BCUT2D eigenvalue weighted by Gasteiger charge is 2.30. The van der Waals surface area contributed by atoms with Crippen molar-refractivity contribution < 1.29 is 4.39 Å². The zero-order valence-corrected chi connectivity index (χ0v) is 10.1. The first-order valence-corrected chi connectivity index (χ1v) is 6.47. The van der Waals surface area contributed by atoms with Crippen LogP contribution in [-0.4, -0.2) is 27.8 Å². The molecule has 2 aliphatic rings. The van der Waals surface area contributed by atoms with Crippen LogP contribution in [0.1, 0.15) is 19.8 Å². The van der Waals surface area contributed by atoms with Crippen LogP contribution < -0.4 is 5.73 Å². The largest absolute Gasteiger partial charge is 0.381 e. The Balaban J connectivity index is 2.09. The zero-order valence-electron chi connectivity index (χ0n) is 9.32. The summed E-state index contributed by atoms with van der Waals surface area (Å²) in [4.78, 5) is 5.73. The Kier molecular flexibility index (Phi) is 3.23. The number of nitrogens with zero attached hydrogens (tertiary/aromatic N) is 2. The molecule has 2 aliphatic heterocycles. The minimum absolute atomic E-state index is 0.0704. The molecule has 1 saturated heterocycles. The third-order valence-corrected chi connectivity index (χ3v) is 4.53. The van der Waals surface area contributed by atoms with Crippen molar-refractivity contribution in [1.82, 2.24) is 4.90 Å². The van der Waals surface area contributed by atoms with Gasteiger partial charge in [0, 0.05) is 23.2 Å². The molecule has 0 amide bonds. The van der Waals surface area contributed by atoms with Gasteiger partial charge in [-0.15, -0.1) is 0 Å². The summed E-state index contributed by atoms with van der Waals surface area (Å²) in [6.07, 6.45) is 3.63. The fourth-order valence-corrected chi connectivity index (χ4v) is 3.38.